The molecule has 0 spiro atoms. The Bertz CT molecular complexity index is 572. The van der Waals surface area contributed by atoms with Gasteiger partial charge in [-0.15, -0.1) is 0 Å². The second-order valence-electron chi connectivity index (χ2n) is 5.18. The molecule has 1 aliphatic carbocycles. The maximum absolute atomic E-state index is 11.8. The van der Waals surface area contributed by atoms with Gasteiger partial charge in [0.1, 0.15) is 17.1 Å². The molecule has 0 amide bonds. The molecule has 2 atom stereocenters. The molecule has 6 heteroatoms. The number of hydrogen-bond acceptors (Lipinski definition) is 5. The van der Waals surface area contributed by atoms with Crippen molar-refractivity contribution in [2.75, 3.05) is 21.3 Å². The molecule has 0 saturated carbocycles. The van der Waals surface area contributed by atoms with Gasteiger partial charge in [-0.3, -0.25) is 4.79 Å². The van der Waals surface area contributed by atoms with Gasteiger partial charge in [-0.2, -0.15) is 0 Å². The fourth-order valence-electron chi connectivity index (χ4n) is 2.83. The van der Waals surface area contributed by atoms with E-state index >= 15 is 0 Å². The van der Waals surface area contributed by atoms with Gasteiger partial charge in [0.2, 0.25) is 0 Å². The Morgan fingerprint density at radius 3 is 2.52 bits per heavy atom. The van der Waals surface area contributed by atoms with Gasteiger partial charge in [-0.25, -0.2) is 0 Å². The van der Waals surface area contributed by atoms with Gasteiger partial charge in [-0.1, -0.05) is 0 Å². The van der Waals surface area contributed by atoms with E-state index in [0.717, 1.165) is 11.1 Å². The van der Waals surface area contributed by atoms with Gasteiger partial charge in [0, 0.05) is 31.1 Å². The summed E-state index contributed by atoms with van der Waals surface area (Å²) in [6.45, 7) is 1.39. The highest BCUT2D eigenvalue weighted by atomic mass is 79.9. The SMILES string of the molecule is COc1cc(Br)c(OC)c2c1[C@H](OC)C[C@](O)(C(C)=O)C2. The number of rotatable bonds is 4. The Morgan fingerprint density at radius 1 is 1.38 bits per heavy atom. The van der Waals surface area contributed by atoms with Gasteiger partial charge in [0.25, 0.3) is 0 Å². The third-order valence-corrected chi connectivity index (χ3v) is 4.61. The van der Waals surface area contributed by atoms with Crippen molar-refractivity contribution in [2.45, 2.75) is 31.5 Å². The summed E-state index contributed by atoms with van der Waals surface area (Å²) in [5.41, 5.74) is 0.109. The van der Waals surface area contributed by atoms with Crippen molar-refractivity contribution in [3.8, 4) is 11.5 Å². The van der Waals surface area contributed by atoms with Crippen molar-refractivity contribution in [3.63, 3.8) is 0 Å². The average molecular weight is 359 g/mol. The number of benzene rings is 1. The van der Waals surface area contributed by atoms with Crippen molar-refractivity contribution in [1.29, 1.82) is 0 Å². The molecule has 0 aliphatic heterocycles. The van der Waals surface area contributed by atoms with Crippen LogP contribution in [-0.2, 0) is 16.0 Å². The van der Waals surface area contributed by atoms with E-state index in [-0.39, 0.29) is 18.6 Å². The minimum Gasteiger partial charge on any atom is -0.496 e. The van der Waals surface area contributed by atoms with Gasteiger partial charge in [0.05, 0.1) is 24.8 Å². The number of ether oxygens (including phenoxy) is 3. The summed E-state index contributed by atoms with van der Waals surface area (Å²) in [6, 6.07) is 1.81. The first kappa shape index (κ1) is 16.3. The fraction of sp³-hybridized carbons (Fsp3) is 0.533. The van der Waals surface area contributed by atoms with Crippen LogP contribution in [0.4, 0.5) is 0 Å². The molecular weight excluding hydrogens is 340 g/mol. The van der Waals surface area contributed by atoms with Crippen molar-refractivity contribution < 1.29 is 24.1 Å². The normalized spacial score (nSPS) is 24.4. The molecule has 0 fully saturated rings. The summed E-state index contributed by atoms with van der Waals surface area (Å²) in [5, 5.41) is 10.6. The number of hydrogen-bond donors (Lipinski definition) is 1. The van der Waals surface area contributed by atoms with Gasteiger partial charge in [0.15, 0.2) is 5.78 Å². The van der Waals surface area contributed by atoms with Crippen LogP contribution in [-0.4, -0.2) is 37.8 Å². The minimum atomic E-state index is -1.45. The summed E-state index contributed by atoms with van der Waals surface area (Å²) < 4.78 is 17.0. The first-order chi connectivity index (χ1) is 9.87. The van der Waals surface area contributed by atoms with Crippen LogP contribution in [0.5, 0.6) is 11.5 Å². The molecule has 21 heavy (non-hydrogen) atoms. The summed E-state index contributed by atoms with van der Waals surface area (Å²) in [7, 11) is 4.68. The number of carbonyl (C=O) groups excluding carboxylic acids is 1. The molecule has 0 radical (unpaired) electrons. The highest BCUT2D eigenvalue weighted by Gasteiger charge is 2.44. The topological polar surface area (TPSA) is 65.0 Å². The quantitative estimate of drug-likeness (QED) is 0.895. The van der Waals surface area contributed by atoms with Crippen LogP contribution < -0.4 is 9.47 Å². The molecule has 5 nitrogen and oxygen atoms in total. The van der Waals surface area contributed by atoms with Gasteiger partial charge in [-0.05, 0) is 28.9 Å². The molecule has 0 unspecified atom stereocenters. The highest BCUT2D eigenvalue weighted by molar-refractivity contribution is 9.10. The molecule has 2 rings (SSSR count). The zero-order valence-electron chi connectivity index (χ0n) is 12.5. The average Bonchev–Trinajstić information content (AvgIpc) is 2.45. The minimum absolute atomic E-state index is 0.177. The first-order valence-electron chi connectivity index (χ1n) is 6.57. The van der Waals surface area contributed by atoms with Crippen LogP contribution in [0.15, 0.2) is 10.5 Å². The number of ketones is 1. The van der Waals surface area contributed by atoms with Crippen molar-refractivity contribution >= 4 is 21.7 Å². The molecule has 0 aromatic heterocycles. The number of halogens is 1. The van der Waals surface area contributed by atoms with Crippen LogP contribution in [0, 0.1) is 0 Å². The number of carbonyl (C=O) groups is 1. The lowest BCUT2D eigenvalue weighted by atomic mass is 9.76. The Kier molecular flexibility index (Phi) is 4.60. The smallest absolute Gasteiger partial charge is 0.161 e. The molecule has 0 heterocycles. The Hall–Kier alpha value is -1.11. The second-order valence-corrected chi connectivity index (χ2v) is 6.03. The van der Waals surface area contributed by atoms with Crippen molar-refractivity contribution in [2.24, 2.45) is 0 Å². The van der Waals surface area contributed by atoms with Crippen LogP contribution in [0.25, 0.3) is 0 Å². The molecule has 1 aliphatic rings. The molecule has 1 N–H and O–H groups in total. The van der Waals surface area contributed by atoms with Crippen LogP contribution in [0.1, 0.15) is 30.6 Å². The van der Waals surface area contributed by atoms with Crippen molar-refractivity contribution in [3.05, 3.63) is 21.7 Å². The van der Waals surface area contributed by atoms with E-state index in [4.69, 9.17) is 14.2 Å². The van der Waals surface area contributed by atoms with E-state index in [1.54, 1.807) is 21.3 Å². The number of Topliss-reactive ketones (excluding diaryl/α,β-unsaturated/α-hetero) is 1. The maximum Gasteiger partial charge on any atom is 0.161 e. The van der Waals surface area contributed by atoms with E-state index in [0.29, 0.717) is 16.0 Å². The molecule has 0 bridgehead atoms. The summed E-state index contributed by atoms with van der Waals surface area (Å²) in [6.07, 6.45) is -0.0525. The van der Waals surface area contributed by atoms with E-state index < -0.39 is 11.7 Å². The predicted octanol–water partition coefficient (Wildman–Crippen LogP) is 2.42. The van der Waals surface area contributed by atoms with Crippen LogP contribution in [0.2, 0.25) is 0 Å². The van der Waals surface area contributed by atoms with Crippen molar-refractivity contribution in [1.82, 2.24) is 0 Å². The predicted molar refractivity (Wildman–Crippen MR) is 80.9 cm³/mol. The highest BCUT2D eigenvalue weighted by Crippen LogP contribution is 2.48. The summed E-state index contributed by atoms with van der Waals surface area (Å²) in [5.74, 6) is 0.957. The monoisotopic (exact) mass is 358 g/mol. The lowest BCUT2D eigenvalue weighted by Crippen LogP contribution is -2.44. The lowest BCUT2D eigenvalue weighted by Gasteiger charge is -2.37. The summed E-state index contributed by atoms with van der Waals surface area (Å²) in [4.78, 5) is 11.8. The van der Waals surface area contributed by atoms with Crippen LogP contribution >= 0.6 is 15.9 Å². The molecular formula is C15H19BrO5. The second kappa shape index (κ2) is 5.94. The fourth-order valence-corrected chi connectivity index (χ4v) is 3.44. The maximum atomic E-state index is 11.8. The Balaban J connectivity index is 2.70. The number of fused-ring (bicyclic) bond motifs is 1. The van der Waals surface area contributed by atoms with Crippen LogP contribution in [0.3, 0.4) is 0 Å². The third kappa shape index (κ3) is 2.67. The van der Waals surface area contributed by atoms with E-state index in [1.165, 1.54) is 6.92 Å². The molecule has 116 valence electrons. The molecule has 1 aromatic carbocycles. The van der Waals surface area contributed by atoms with E-state index in [2.05, 4.69) is 15.9 Å². The number of methoxy groups -OCH3 is 3. The first-order valence-corrected chi connectivity index (χ1v) is 7.36. The zero-order chi connectivity index (χ0) is 15.8. The third-order valence-electron chi connectivity index (χ3n) is 4.02. The Morgan fingerprint density at radius 2 is 2.05 bits per heavy atom. The lowest BCUT2D eigenvalue weighted by molar-refractivity contribution is -0.140. The van der Waals surface area contributed by atoms with E-state index in [1.807, 2.05) is 6.07 Å². The largest absolute Gasteiger partial charge is 0.496 e. The van der Waals surface area contributed by atoms with Gasteiger partial charge >= 0.3 is 0 Å². The molecule has 1 aromatic rings. The number of aliphatic hydroxyl groups is 1. The van der Waals surface area contributed by atoms with E-state index in [9.17, 15) is 9.90 Å². The summed E-state index contributed by atoms with van der Waals surface area (Å²) >= 11 is 3.43. The van der Waals surface area contributed by atoms with Gasteiger partial charge < -0.3 is 19.3 Å². The standard InChI is InChI=1S/C15H19BrO5/c1-8(17)15(18)6-9-13(12(7-15)20-3)11(19-2)5-10(16)14(9)21-4/h5,12,18H,6-7H2,1-4H3/t12-,15+/m1/s1. The Labute approximate surface area is 132 Å². The molecule has 0 saturated heterocycles. The zero-order valence-corrected chi connectivity index (χ0v) is 14.1.